The Bertz CT molecular complexity index is 2670. The molecule has 1 aromatic heterocycles. The maximum Gasteiger partial charge on any atom is 0.460 e. The van der Waals surface area contributed by atoms with Gasteiger partial charge < -0.3 is 10.4 Å². The van der Waals surface area contributed by atoms with Gasteiger partial charge in [0.25, 0.3) is 16.7 Å². The zero-order chi connectivity index (χ0) is 52.4. The molecule has 4 rings (SSSR count). The van der Waals surface area contributed by atoms with Crippen molar-refractivity contribution in [3.63, 3.8) is 0 Å². The van der Waals surface area contributed by atoms with Crippen LogP contribution in [-0.4, -0.2) is 87.1 Å². The zero-order valence-electron chi connectivity index (χ0n) is 34.5. The molecule has 0 saturated heterocycles. The lowest BCUT2D eigenvalue weighted by atomic mass is 9.89. The molecule has 8 nitrogen and oxygen atoms in total. The highest BCUT2D eigenvalue weighted by atomic mass is 19.4. The number of aromatic nitrogens is 2. The second kappa shape index (κ2) is 18.1. The molecule has 0 amide bonds. The summed E-state index contributed by atoms with van der Waals surface area (Å²) in [6.45, 7) is -4.37. The molecule has 1 aromatic carbocycles. The van der Waals surface area contributed by atoms with E-state index < -0.39 is 152 Å². The van der Waals surface area contributed by atoms with Gasteiger partial charge in [0.1, 0.15) is 6.54 Å². The predicted octanol–water partition coefficient (Wildman–Crippen LogP) is 11.0. The summed E-state index contributed by atoms with van der Waals surface area (Å²) in [7, 11) is 0. The minimum atomic E-state index is -7.93. The Morgan fingerprint density at radius 1 is 0.515 bits per heavy atom. The van der Waals surface area contributed by atoms with E-state index in [2.05, 4.69) is 4.99 Å². The lowest BCUT2D eigenvalue weighted by molar-refractivity contribution is -0.420. The Morgan fingerprint density at radius 2 is 0.956 bits per heavy atom. The van der Waals surface area contributed by atoms with Crippen molar-refractivity contribution in [1.82, 2.24) is 9.13 Å². The van der Waals surface area contributed by atoms with Crippen molar-refractivity contribution < 1.29 is 102 Å². The molecule has 2 aromatic rings. The quantitative estimate of drug-likeness (QED) is 0.0491. The number of aromatic hydroxyl groups is 1. The number of rotatable bonds is 21. The molecule has 0 atom stereocenters. The topological polar surface area (TPSA) is 106 Å². The third-order valence-electron chi connectivity index (χ3n) is 10.9. The number of nitrogens with zero attached hydrogens (tertiary/aromatic N) is 3. The monoisotopic (exact) mass is 1030 g/mol. The van der Waals surface area contributed by atoms with Gasteiger partial charge in [-0.3, -0.25) is 28.5 Å². The molecular weight excluding hydrogens is 994 g/mol. The molecule has 30 heteroatoms. The highest BCUT2D eigenvalue weighted by Gasteiger charge is 2.88. The number of unbranched alkanes of at least 4 members (excludes halogenated alkanes) is 6. The van der Waals surface area contributed by atoms with Crippen LogP contribution in [0.2, 0.25) is 0 Å². The normalized spacial score (nSPS) is 14.9. The fraction of sp³-hybridized carbons (Fsp3) is 0.632. The van der Waals surface area contributed by atoms with Crippen molar-refractivity contribution in [3.8, 4) is 17.0 Å². The third kappa shape index (κ3) is 8.70. The Balaban J connectivity index is 2.17. The molecule has 2 N–H and O–H groups in total. The van der Waals surface area contributed by atoms with Gasteiger partial charge in [-0.05, 0) is 25.0 Å². The highest BCUT2D eigenvalue weighted by Crippen LogP contribution is 2.59. The molecule has 1 aliphatic heterocycles. The molecule has 0 fully saturated rings. The molecule has 0 bridgehead atoms. The molecule has 68 heavy (non-hydrogen) atoms. The molecule has 0 saturated carbocycles. The van der Waals surface area contributed by atoms with Crippen LogP contribution in [0.3, 0.4) is 0 Å². The summed E-state index contributed by atoms with van der Waals surface area (Å²) in [6.07, 6.45) is -13.3. The van der Waals surface area contributed by atoms with E-state index in [0.717, 1.165) is 0 Å². The fourth-order valence-corrected chi connectivity index (χ4v) is 7.03. The Labute approximate surface area is 365 Å². The fourth-order valence-electron chi connectivity index (χ4n) is 7.03. The Hall–Kier alpha value is -4.96. The van der Waals surface area contributed by atoms with Crippen LogP contribution in [0.15, 0.2) is 31.5 Å². The maximum absolute atomic E-state index is 15.1. The molecule has 2 heterocycles. The zero-order valence-corrected chi connectivity index (χ0v) is 34.5. The predicted molar refractivity (Wildman–Crippen MR) is 196 cm³/mol. The highest BCUT2D eigenvalue weighted by molar-refractivity contribution is 6.18. The molecule has 384 valence electrons. The lowest BCUT2D eigenvalue weighted by Crippen LogP contribution is -2.67. The number of hydrogen-bond donors (Lipinski definition) is 2. The van der Waals surface area contributed by atoms with Crippen molar-refractivity contribution in [2.75, 3.05) is 18.4 Å². The number of halogens is 22. The minimum absolute atomic E-state index is 0.134. The average Bonchev–Trinajstić information content (AvgIpc) is 3.21. The third-order valence-corrected chi connectivity index (χ3v) is 10.9. The van der Waals surface area contributed by atoms with Crippen molar-refractivity contribution in [2.24, 2.45) is 4.99 Å². The van der Waals surface area contributed by atoms with Gasteiger partial charge in [0.2, 0.25) is 5.88 Å². The minimum Gasteiger partial charge on any atom is -0.494 e. The first kappa shape index (κ1) is 55.6. The SMILES string of the molecule is CCCCCCn1c(O)c2cc(NCC(F)(F)C(F)(F)C(F)(F)C(F)(F)C(F)(F)F)c3c4c2c(c(=NCC(F)(F)C(F)(F)C(F)(F)C(F)(F)C(F)(F)F)cc-4c(=O)n(CCCCCC)c3=O)c1=O. The summed E-state index contributed by atoms with van der Waals surface area (Å²) in [5.41, 5.74) is -8.59. The molecule has 0 radical (unpaired) electrons. The van der Waals surface area contributed by atoms with E-state index in [1.807, 2.05) is 0 Å². The van der Waals surface area contributed by atoms with E-state index >= 15 is 17.6 Å². The summed E-state index contributed by atoms with van der Waals surface area (Å²) < 4.78 is 307. The maximum atomic E-state index is 15.1. The van der Waals surface area contributed by atoms with Crippen LogP contribution in [0.5, 0.6) is 5.88 Å². The Morgan fingerprint density at radius 3 is 1.41 bits per heavy atom. The molecular formula is C38H34F22N4O4. The van der Waals surface area contributed by atoms with E-state index in [4.69, 9.17) is 0 Å². The van der Waals surface area contributed by atoms with E-state index in [0.29, 0.717) is 25.7 Å². The molecule has 0 unspecified atom stereocenters. The number of nitrogens with one attached hydrogen (secondary N) is 1. The van der Waals surface area contributed by atoms with Crippen molar-refractivity contribution in [2.45, 2.75) is 138 Å². The van der Waals surface area contributed by atoms with Crippen LogP contribution >= 0.6 is 0 Å². The largest absolute Gasteiger partial charge is 0.494 e. The number of alkyl halides is 22. The van der Waals surface area contributed by atoms with Crippen LogP contribution in [0.25, 0.3) is 32.7 Å². The summed E-state index contributed by atoms with van der Waals surface area (Å²) in [4.78, 5) is 45.1. The summed E-state index contributed by atoms with van der Waals surface area (Å²) in [6, 6.07) is 0.384. The van der Waals surface area contributed by atoms with Gasteiger partial charge in [-0.1, -0.05) is 52.4 Å². The van der Waals surface area contributed by atoms with E-state index in [-0.39, 0.29) is 47.0 Å². The van der Waals surface area contributed by atoms with Gasteiger partial charge >= 0.3 is 59.7 Å². The van der Waals surface area contributed by atoms with Crippen LogP contribution in [0.1, 0.15) is 65.2 Å². The number of pyridine rings is 2. The Kier molecular flexibility index (Phi) is 14.8. The standard InChI is InChI=1S/C38H34F22N4O4/c1-3-5-7-9-11-63-25(65)17-13-20(62-16-30(41,42)32(45,46)34(49,50)36(53,54)38(58,59)60)24-22-18(26(66)64(28(24)68)12-10-8-6-4-2)14-19(23(21(17)22)27(63)67)61-15-29(39,40)31(43,44)33(47,48)35(51,52)37(55,56)57/h13-14,61,66H,3-12,15-16H2,1-2H3. The van der Waals surface area contributed by atoms with Crippen LogP contribution in [-0.2, 0) is 13.1 Å². The first-order valence-corrected chi connectivity index (χ1v) is 19.7. The van der Waals surface area contributed by atoms with Gasteiger partial charge in [0, 0.05) is 35.1 Å². The molecule has 0 spiro atoms. The first-order valence-electron chi connectivity index (χ1n) is 19.7. The van der Waals surface area contributed by atoms with Crippen LogP contribution in [0, 0.1) is 0 Å². The summed E-state index contributed by atoms with van der Waals surface area (Å²) in [5, 5.41) is 6.47. The number of benzene rings is 2. The van der Waals surface area contributed by atoms with E-state index in [1.165, 1.54) is 5.32 Å². The van der Waals surface area contributed by atoms with Gasteiger partial charge in [-0.25, -0.2) is 0 Å². The molecule has 2 aliphatic rings. The van der Waals surface area contributed by atoms with E-state index in [1.54, 1.807) is 13.8 Å². The van der Waals surface area contributed by atoms with Crippen LogP contribution in [0.4, 0.5) is 102 Å². The van der Waals surface area contributed by atoms with Crippen molar-refractivity contribution in [3.05, 3.63) is 48.6 Å². The van der Waals surface area contributed by atoms with Gasteiger partial charge in [0.15, 0.2) is 0 Å². The first-order chi connectivity index (χ1) is 30.7. The van der Waals surface area contributed by atoms with Gasteiger partial charge in [-0.15, -0.1) is 0 Å². The van der Waals surface area contributed by atoms with E-state index in [9.17, 15) is 98.5 Å². The van der Waals surface area contributed by atoms with Crippen LogP contribution < -0.4 is 27.4 Å². The summed E-state index contributed by atoms with van der Waals surface area (Å²) in [5.74, 6) is -61.5. The average molecular weight is 1030 g/mol. The lowest BCUT2D eigenvalue weighted by Gasteiger charge is -2.37. The molecule has 1 aliphatic carbocycles. The summed E-state index contributed by atoms with van der Waals surface area (Å²) >= 11 is 0. The number of hydrogen-bond acceptors (Lipinski definition) is 6. The number of anilines is 1. The second-order valence-corrected chi connectivity index (χ2v) is 15.6. The van der Waals surface area contributed by atoms with Gasteiger partial charge in [0.05, 0.1) is 28.2 Å². The van der Waals surface area contributed by atoms with Crippen molar-refractivity contribution in [1.29, 1.82) is 0 Å². The van der Waals surface area contributed by atoms with Gasteiger partial charge in [-0.2, -0.15) is 96.6 Å². The smallest absolute Gasteiger partial charge is 0.460 e. The second-order valence-electron chi connectivity index (χ2n) is 15.6. The van der Waals surface area contributed by atoms with Crippen molar-refractivity contribution >= 4 is 27.2 Å².